The van der Waals surface area contributed by atoms with E-state index in [0.717, 1.165) is 4.88 Å². The molecule has 3 N–H and O–H groups in total. The predicted molar refractivity (Wildman–Crippen MR) is 72.4 cm³/mol. The molecule has 10 nitrogen and oxygen atoms in total. The van der Waals surface area contributed by atoms with Gasteiger partial charge < -0.3 is 15.3 Å². The number of nitrogens with one attached hydrogen (secondary N) is 1. The summed E-state index contributed by atoms with van der Waals surface area (Å²) in [7, 11) is -4.84. The molecule has 3 rings (SSSR count). The van der Waals surface area contributed by atoms with Crippen molar-refractivity contribution in [2.24, 2.45) is 0 Å². The summed E-state index contributed by atoms with van der Waals surface area (Å²) in [5.41, 5.74) is 0.674. The molecule has 1 aromatic rings. The zero-order valence-corrected chi connectivity index (χ0v) is 12.5. The van der Waals surface area contributed by atoms with E-state index in [1.165, 1.54) is 16.2 Å². The highest BCUT2D eigenvalue weighted by Crippen LogP contribution is 2.46. The Morgan fingerprint density at radius 3 is 2.91 bits per heavy atom. The Labute approximate surface area is 128 Å². The van der Waals surface area contributed by atoms with Gasteiger partial charge >= 0.3 is 22.5 Å². The number of hydrogen-bond donors (Lipinski definition) is 3. The largest absolute Gasteiger partial charge is 0.465 e. The molecule has 120 valence electrons. The van der Waals surface area contributed by atoms with Crippen LogP contribution in [0, 0.1) is 0 Å². The van der Waals surface area contributed by atoms with Gasteiger partial charge in [-0.05, 0) is 17.0 Å². The van der Waals surface area contributed by atoms with Crippen molar-refractivity contribution in [2.45, 2.75) is 12.1 Å². The Morgan fingerprint density at radius 2 is 2.27 bits per heavy atom. The molecule has 0 aromatic carbocycles. The summed E-state index contributed by atoms with van der Waals surface area (Å²) in [5.74, 6) is 0. The molecule has 0 aliphatic carbocycles. The van der Waals surface area contributed by atoms with E-state index in [0.29, 0.717) is 10.6 Å². The molecule has 1 aromatic heterocycles. The number of carboxylic acid groups (broad SMARTS) is 1. The zero-order chi connectivity index (χ0) is 16.1. The van der Waals surface area contributed by atoms with Gasteiger partial charge in [0.05, 0.1) is 12.6 Å². The third-order valence-corrected chi connectivity index (χ3v) is 4.86. The first kappa shape index (κ1) is 15.0. The fourth-order valence-electron chi connectivity index (χ4n) is 2.67. The smallest absolute Gasteiger partial charge is 0.418 e. The lowest BCUT2D eigenvalue weighted by Crippen LogP contribution is -2.40. The van der Waals surface area contributed by atoms with Crippen LogP contribution in [0.25, 0.3) is 0 Å². The van der Waals surface area contributed by atoms with Gasteiger partial charge in [0.2, 0.25) is 0 Å². The van der Waals surface area contributed by atoms with Crippen LogP contribution in [-0.4, -0.2) is 53.3 Å². The molecule has 2 bridgehead atoms. The van der Waals surface area contributed by atoms with Crippen molar-refractivity contribution in [1.82, 2.24) is 15.3 Å². The Bertz CT molecular complexity index is 731. The van der Waals surface area contributed by atoms with Crippen LogP contribution in [0.5, 0.6) is 0 Å². The summed E-state index contributed by atoms with van der Waals surface area (Å²) in [6, 6.07) is -0.251. The third kappa shape index (κ3) is 2.49. The third-order valence-electron chi connectivity index (χ3n) is 3.47. The van der Waals surface area contributed by atoms with Crippen molar-refractivity contribution in [2.75, 3.05) is 13.1 Å². The van der Waals surface area contributed by atoms with Crippen LogP contribution in [0.15, 0.2) is 11.4 Å². The highest BCUT2D eigenvalue weighted by Gasteiger charge is 2.50. The molecular weight excluding hydrogens is 338 g/mol. The van der Waals surface area contributed by atoms with Crippen molar-refractivity contribution in [3.8, 4) is 0 Å². The highest BCUT2D eigenvalue weighted by atomic mass is 32.3. The summed E-state index contributed by atoms with van der Waals surface area (Å²) in [6.45, 7) is 0.116. The molecule has 0 saturated carbocycles. The second kappa shape index (κ2) is 5.08. The number of carbonyl (C=O) groups excluding carboxylic acids is 1. The minimum absolute atomic E-state index is 0.0268. The van der Waals surface area contributed by atoms with Crippen LogP contribution in [0.4, 0.5) is 9.59 Å². The minimum Gasteiger partial charge on any atom is -0.465 e. The van der Waals surface area contributed by atoms with Crippen molar-refractivity contribution < 1.29 is 31.9 Å². The molecule has 1 fully saturated rings. The molecule has 1 saturated heterocycles. The number of thiophene rings is 1. The Hall–Kier alpha value is -1.89. The summed E-state index contributed by atoms with van der Waals surface area (Å²) in [4.78, 5) is 25.0. The molecule has 3 amide bonds. The van der Waals surface area contributed by atoms with Gasteiger partial charge in [0, 0.05) is 11.4 Å². The molecule has 2 aliphatic heterocycles. The Balaban J connectivity index is 1.94. The van der Waals surface area contributed by atoms with Crippen molar-refractivity contribution in [1.29, 1.82) is 0 Å². The van der Waals surface area contributed by atoms with E-state index in [4.69, 9.17) is 9.66 Å². The average Bonchev–Trinajstić information content (AvgIpc) is 2.97. The van der Waals surface area contributed by atoms with Crippen LogP contribution >= 0.6 is 11.3 Å². The highest BCUT2D eigenvalue weighted by molar-refractivity contribution is 7.80. The first-order valence-electron chi connectivity index (χ1n) is 6.09. The molecular formula is C10H11N3O7S2. The summed E-state index contributed by atoms with van der Waals surface area (Å²) < 4.78 is 35.0. The lowest BCUT2D eigenvalue weighted by atomic mass is 10.00. The van der Waals surface area contributed by atoms with Crippen LogP contribution in [0.1, 0.15) is 22.5 Å². The maximum absolute atomic E-state index is 12.3. The first-order valence-corrected chi connectivity index (χ1v) is 8.33. The van der Waals surface area contributed by atoms with Crippen molar-refractivity contribution in [3.05, 3.63) is 21.9 Å². The molecule has 22 heavy (non-hydrogen) atoms. The monoisotopic (exact) mass is 349 g/mol. The second-order valence-corrected chi connectivity index (χ2v) is 6.67. The summed E-state index contributed by atoms with van der Waals surface area (Å²) in [6.07, 6.45) is -1.22. The molecule has 0 unspecified atom stereocenters. The van der Waals surface area contributed by atoms with E-state index < -0.39 is 34.6 Å². The standard InChI is InChI=1S/C10H11N3O7S2/c14-9(15)11-3-6-8-5(1-2-21-8)7-4-12(6)10(16)13(7)20-22(17,18)19/h1-2,6-7,11H,3-4H2,(H,14,15)(H,17,18,19)/t6-,7+/m1/s1. The van der Waals surface area contributed by atoms with Gasteiger partial charge in [-0.15, -0.1) is 15.6 Å². The number of amides is 3. The van der Waals surface area contributed by atoms with Gasteiger partial charge in [-0.25, -0.2) is 9.59 Å². The van der Waals surface area contributed by atoms with E-state index >= 15 is 0 Å². The SMILES string of the molecule is O=C(O)NC[C@@H]1c2sccc2[C@@H]2CN1C(=O)N2OS(=O)(=O)O. The molecule has 12 heteroatoms. The summed E-state index contributed by atoms with van der Waals surface area (Å²) >= 11 is 1.33. The van der Waals surface area contributed by atoms with Gasteiger partial charge in [0.1, 0.15) is 6.04 Å². The fourth-order valence-corrected chi connectivity index (χ4v) is 4.11. The Kier molecular flexibility index (Phi) is 3.47. The van der Waals surface area contributed by atoms with E-state index in [-0.39, 0.29) is 13.1 Å². The molecule has 3 heterocycles. The predicted octanol–water partition coefficient (Wildman–Crippen LogP) is 0.583. The maximum Gasteiger partial charge on any atom is 0.418 e. The quantitative estimate of drug-likeness (QED) is 0.676. The number of rotatable bonds is 4. The van der Waals surface area contributed by atoms with E-state index in [9.17, 15) is 18.0 Å². The van der Waals surface area contributed by atoms with Crippen molar-refractivity contribution >= 4 is 33.9 Å². The number of fused-ring (bicyclic) bond motifs is 4. The van der Waals surface area contributed by atoms with Crippen LogP contribution in [0.2, 0.25) is 0 Å². The fraction of sp³-hybridized carbons (Fsp3) is 0.400. The number of hydroxylamine groups is 2. The molecule has 2 atom stereocenters. The van der Waals surface area contributed by atoms with E-state index in [1.54, 1.807) is 11.4 Å². The molecule has 0 spiro atoms. The Morgan fingerprint density at radius 1 is 1.55 bits per heavy atom. The van der Waals surface area contributed by atoms with Gasteiger partial charge in [-0.3, -0.25) is 4.55 Å². The minimum atomic E-state index is -4.84. The molecule has 0 radical (unpaired) electrons. The first-order chi connectivity index (χ1) is 10.3. The van der Waals surface area contributed by atoms with Gasteiger partial charge in [0.25, 0.3) is 0 Å². The lowest BCUT2D eigenvalue weighted by Gasteiger charge is -2.30. The van der Waals surface area contributed by atoms with Crippen LogP contribution in [-0.2, 0) is 14.7 Å². The van der Waals surface area contributed by atoms with Gasteiger partial charge in [-0.2, -0.15) is 13.5 Å². The average molecular weight is 349 g/mol. The molecule has 2 aliphatic rings. The van der Waals surface area contributed by atoms with Crippen LogP contribution < -0.4 is 5.32 Å². The maximum atomic E-state index is 12.3. The normalized spacial score (nSPS) is 23.6. The van der Waals surface area contributed by atoms with Crippen molar-refractivity contribution in [3.63, 3.8) is 0 Å². The van der Waals surface area contributed by atoms with Gasteiger partial charge in [0.15, 0.2) is 0 Å². The summed E-state index contributed by atoms with van der Waals surface area (Å²) in [5, 5.41) is 13.3. The number of carbonyl (C=O) groups is 2. The zero-order valence-electron chi connectivity index (χ0n) is 10.9. The van der Waals surface area contributed by atoms with E-state index in [1.807, 2.05) is 0 Å². The number of nitrogens with zero attached hydrogens (tertiary/aromatic N) is 2. The topological polar surface area (TPSA) is 136 Å². The lowest BCUT2D eigenvalue weighted by molar-refractivity contribution is -0.0316. The van der Waals surface area contributed by atoms with E-state index in [2.05, 4.69) is 9.60 Å². The van der Waals surface area contributed by atoms with Gasteiger partial charge in [-0.1, -0.05) is 0 Å². The second-order valence-electron chi connectivity index (χ2n) is 4.72. The van der Waals surface area contributed by atoms with Crippen LogP contribution in [0.3, 0.4) is 0 Å². The number of hydrogen-bond acceptors (Lipinski definition) is 6. The number of urea groups is 1.